The molecular weight excluding hydrogens is 346 g/mol. The van der Waals surface area contributed by atoms with E-state index in [0.29, 0.717) is 31.4 Å². The van der Waals surface area contributed by atoms with Crippen molar-refractivity contribution in [1.29, 1.82) is 0 Å². The number of unbranched alkanes of at least 4 members (excludes halogenated alkanes) is 2. The molecule has 2 rings (SSSR count). The lowest BCUT2D eigenvalue weighted by molar-refractivity contribution is 0.0790. The van der Waals surface area contributed by atoms with Gasteiger partial charge in [-0.3, -0.25) is 0 Å². The van der Waals surface area contributed by atoms with E-state index < -0.39 is 0 Å². The fourth-order valence-electron chi connectivity index (χ4n) is 1.91. The van der Waals surface area contributed by atoms with Gasteiger partial charge in [0, 0.05) is 18.6 Å². The van der Waals surface area contributed by atoms with Crippen LogP contribution in [0.1, 0.15) is 26.2 Å². The first-order valence-corrected chi connectivity index (χ1v) is 10.1. The van der Waals surface area contributed by atoms with Gasteiger partial charge < -0.3 is 13.9 Å². The summed E-state index contributed by atoms with van der Waals surface area (Å²) in [6.45, 7) is 4.11. The largest absolute Gasteiger partial charge is 0.461 e. The van der Waals surface area contributed by atoms with Crippen molar-refractivity contribution in [3.63, 3.8) is 0 Å². The van der Waals surface area contributed by atoms with Crippen molar-refractivity contribution in [1.82, 2.24) is 14.2 Å². The van der Waals surface area contributed by atoms with E-state index in [2.05, 4.69) is 17.0 Å². The molecule has 0 fully saturated rings. The lowest BCUT2D eigenvalue weighted by Gasteiger charge is -2.05. The fourth-order valence-corrected chi connectivity index (χ4v) is 3.70. The molecule has 0 amide bonds. The van der Waals surface area contributed by atoms with Crippen LogP contribution in [0.15, 0.2) is 28.0 Å². The Morgan fingerprint density at radius 1 is 1.21 bits per heavy atom. The molecule has 0 aliphatic carbocycles. The normalized spacial score (nSPS) is 11.2. The molecular formula is C16H25N3O3S2. The van der Waals surface area contributed by atoms with Crippen LogP contribution in [0.4, 0.5) is 0 Å². The summed E-state index contributed by atoms with van der Waals surface area (Å²) < 4.78 is 17.8. The minimum Gasteiger partial charge on any atom is -0.461 e. The SMILES string of the molecule is CCCCCSn1nc(-c2ccco2)nc1SCCOCCOC. The smallest absolute Gasteiger partial charge is 0.218 e. The van der Waals surface area contributed by atoms with Crippen molar-refractivity contribution in [2.24, 2.45) is 0 Å². The molecule has 0 N–H and O–H groups in total. The van der Waals surface area contributed by atoms with Gasteiger partial charge in [0.15, 0.2) is 10.9 Å². The highest BCUT2D eigenvalue weighted by Gasteiger charge is 2.14. The van der Waals surface area contributed by atoms with E-state index in [0.717, 1.165) is 16.7 Å². The van der Waals surface area contributed by atoms with Crippen molar-refractivity contribution >= 4 is 23.7 Å². The fraction of sp³-hybridized carbons (Fsp3) is 0.625. The van der Waals surface area contributed by atoms with Crippen LogP contribution in [-0.4, -0.2) is 52.6 Å². The summed E-state index contributed by atoms with van der Waals surface area (Å²) in [6, 6.07) is 3.73. The molecule has 0 bridgehead atoms. The molecule has 0 unspecified atom stereocenters. The minimum absolute atomic E-state index is 0.618. The average Bonchev–Trinajstić information content (AvgIpc) is 3.24. The standard InChI is InChI=1S/C16H25N3O3S2/c1-3-4-5-12-24-19-16(23-13-11-21-10-9-20-2)17-15(18-19)14-7-6-8-22-14/h6-8H,3-5,9-13H2,1-2H3. The van der Waals surface area contributed by atoms with Gasteiger partial charge in [-0.25, -0.2) is 0 Å². The van der Waals surface area contributed by atoms with Gasteiger partial charge in [-0.05, 0) is 30.5 Å². The molecule has 0 aromatic carbocycles. The Bertz CT molecular complexity index is 561. The minimum atomic E-state index is 0.618. The van der Waals surface area contributed by atoms with Crippen LogP contribution < -0.4 is 0 Å². The van der Waals surface area contributed by atoms with Crippen molar-refractivity contribution in [2.45, 2.75) is 31.3 Å². The molecule has 0 saturated carbocycles. The quantitative estimate of drug-likeness (QED) is 0.390. The Kier molecular flexibility index (Phi) is 9.34. The second-order valence-electron chi connectivity index (χ2n) is 5.06. The zero-order valence-corrected chi connectivity index (χ0v) is 15.9. The maximum Gasteiger partial charge on any atom is 0.218 e. The molecule has 0 atom stereocenters. The molecule has 134 valence electrons. The molecule has 2 aromatic heterocycles. The molecule has 2 heterocycles. The van der Waals surface area contributed by atoms with Gasteiger partial charge in [0.25, 0.3) is 0 Å². The number of thioether (sulfide) groups is 1. The van der Waals surface area contributed by atoms with Crippen LogP contribution in [0, 0.1) is 0 Å². The second-order valence-corrected chi connectivity index (χ2v) is 7.14. The average molecular weight is 372 g/mol. The van der Waals surface area contributed by atoms with Gasteiger partial charge in [-0.1, -0.05) is 31.5 Å². The summed E-state index contributed by atoms with van der Waals surface area (Å²) in [5, 5.41) is 5.46. The van der Waals surface area contributed by atoms with Gasteiger partial charge in [0.2, 0.25) is 5.82 Å². The number of nitrogens with zero attached hydrogens (tertiary/aromatic N) is 3. The number of furan rings is 1. The van der Waals surface area contributed by atoms with Crippen LogP contribution in [-0.2, 0) is 9.47 Å². The number of methoxy groups -OCH3 is 1. The van der Waals surface area contributed by atoms with E-state index in [-0.39, 0.29) is 0 Å². The van der Waals surface area contributed by atoms with Crippen molar-refractivity contribution in [3.05, 3.63) is 18.4 Å². The molecule has 2 aromatic rings. The first-order valence-electron chi connectivity index (χ1n) is 8.19. The Balaban J connectivity index is 1.90. The first-order chi connectivity index (χ1) is 11.8. The number of hydrogen-bond donors (Lipinski definition) is 0. The maximum absolute atomic E-state index is 5.50. The summed E-state index contributed by atoms with van der Waals surface area (Å²) in [5.74, 6) is 3.19. The monoisotopic (exact) mass is 371 g/mol. The van der Waals surface area contributed by atoms with Gasteiger partial charge in [0.05, 0.1) is 26.1 Å². The molecule has 0 spiro atoms. The lowest BCUT2D eigenvalue weighted by Crippen LogP contribution is -2.05. The van der Waals surface area contributed by atoms with Crippen LogP contribution >= 0.6 is 23.7 Å². The van der Waals surface area contributed by atoms with Crippen LogP contribution in [0.3, 0.4) is 0 Å². The Morgan fingerprint density at radius 2 is 2.12 bits per heavy atom. The zero-order valence-electron chi connectivity index (χ0n) is 14.3. The van der Waals surface area contributed by atoms with E-state index in [1.807, 2.05) is 16.2 Å². The van der Waals surface area contributed by atoms with Crippen LogP contribution in [0.25, 0.3) is 11.6 Å². The predicted molar refractivity (Wildman–Crippen MR) is 98.5 cm³/mol. The second kappa shape index (κ2) is 11.6. The Morgan fingerprint density at radius 3 is 2.88 bits per heavy atom. The van der Waals surface area contributed by atoms with Crippen LogP contribution in [0.5, 0.6) is 0 Å². The molecule has 0 aliphatic rings. The molecule has 0 aliphatic heterocycles. The molecule has 6 nitrogen and oxygen atoms in total. The molecule has 24 heavy (non-hydrogen) atoms. The lowest BCUT2D eigenvalue weighted by atomic mass is 10.3. The van der Waals surface area contributed by atoms with Gasteiger partial charge in [-0.15, -0.1) is 5.10 Å². The maximum atomic E-state index is 5.50. The number of aromatic nitrogens is 3. The summed E-state index contributed by atoms with van der Waals surface area (Å²) in [4.78, 5) is 4.61. The topological polar surface area (TPSA) is 62.3 Å². The van der Waals surface area contributed by atoms with E-state index in [1.54, 1.807) is 37.1 Å². The van der Waals surface area contributed by atoms with Crippen molar-refractivity contribution in [2.75, 3.05) is 38.4 Å². The number of ether oxygens (including phenoxy) is 2. The van der Waals surface area contributed by atoms with E-state index in [1.165, 1.54) is 19.3 Å². The third-order valence-corrected chi connectivity index (χ3v) is 5.12. The third-order valence-electron chi connectivity index (χ3n) is 3.14. The van der Waals surface area contributed by atoms with Crippen molar-refractivity contribution < 1.29 is 13.9 Å². The Labute approximate surface area is 151 Å². The van der Waals surface area contributed by atoms with Crippen molar-refractivity contribution in [3.8, 4) is 11.6 Å². The summed E-state index contributed by atoms with van der Waals surface area (Å²) in [6.07, 6.45) is 5.28. The van der Waals surface area contributed by atoms with Gasteiger partial charge >= 0.3 is 0 Å². The van der Waals surface area contributed by atoms with Crippen LogP contribution in [0.2, 0.25) is 0 Å². The van der Waals surface area contributed by atoms with E-state index in [9.17, 15) is 0 Å². The summed E-state index contributed by atoms with van der Waals surface area (Å²) >= 11 is 3.34. The third kappa shape index (κ3) is 6.51. The number of hydrogen-bond acceptors (Lipinski definition) is 7. The summed E-state index contributed by atoms with van der Waals surface area (Å²) in [5.41, 5.74) is 0. The predicted octanol–water partition coefficient (Wildman–Crippen LogP) is 3.98. The van der Waals surface area contributed by atoms with E-state index in [4.69, 9.17) is 13.9 Å². The van der Waals surface area contributed by atoms with Gasteiger partial charge in [0.1, 0.15) is 0 Å². The highest BCUT2D eigenvalue weighted by molar-refractivity contribution is 8.01. The van der Waals surface area contributed by atoms with E-state index >= 15 is 0 Å². The zero-order chi connectivity index (χ0) is 17.0. The highest BCUT2D eigenvalue weighted by atomic mass is 32.2. The highest BCUT2D eigenvalue weighted by Crippen LogP contribution is 2.25. The van der Waals surface area contributed by atoms with Gasteiger partial charge in [-0.2, -0.15) is 9.07 Å². The Hall–Kier alpha value is -0.960. The molecule has 0 radical (unpaired) electrons. The first kappa shape index (κ1) is 19.4. The number of rotatable bonds is 13. The summed E-state index contributed by atoms with van der Waals surface area (Å²) in [7, 11) is 1.67. The molecule has 0 saturated heterocycles. The molecule has 8 heteroatoms.